The lowest BCUT2D eigenvalue weighted by molar-refractivity contribution is -0.148. The predicted octanol–water partition coefficient (Wildman–Crippen LogP) is 4.30. The van der Waals surface area contributed by atoms with Crippen LogP contribution in [0.3, 0.4) is 0 Å². The van der Waals surface area contributed by atoms with E-state index in [0.717, 1.165) is 53.3 Å². The molecule has 0 amide bonds. The SMILES string of the molecule is CCOC(=O)C1CCCN(c2nc3cc(Cl)ccc3c3nnc(Cc4ccccc4)n23)C1. The Bertz CT molecular complexity index is 1270. The molecule has 0 N–H and O–H groups in total. The molecule has 1 atom stereocenters. The number of ether oxygens (including phenoxy) is 1. The summed E-state index contributed by atoms with van der Waals surface area (Å²) in [6.45, 7) is 3.58. The van der Waals surface area contributed by atoms with Crippen LogP contribution in [0.2, 0.25) is 5.02 Å². The maximum Gasteiger partial charge on any atom is 0.310 e. The largest absolute Gasteiger partial charge is 0.466 e. The number of piperidine rings is 1. The Hall–Kier alpha value is -3.19. The van der Waals surface area contributed by atoms with E-state index in [0.29, 0.717) is 24.6 Å². The maximum absolute atomic E-state index is 12.4. The van der Waals surface area contributed by atoms with Crippen molar-refractivity contribution in [2.75, 3.05) is 24.6 Å². The van der Waals surface area contributed by atoms with Gasteiger partial charge in [0, 0.05) is 29.9 Å². The highest BCUT2D eigenvalue weighted by molar-refractivity contribution is 6.31. The molecule has 1 saturated heterocycles. The summed E-state index contributed by atoms with van der Waals surface area (Å²) in [5.74, 6) is 1.22. The molecule has 4 aromatic rings. The first-order valence-corrected chi connectivity index (χ1v) is 11.3. The number of fused-ring (bicyclic) bond motifs is 3. The zero-order valence-corrected chi connectivity index (χ0v) is 18.6. The zero-order chi connectivity index (χ0) is 22.1. The average Bonchev–Trinajstić information content (AvgIpc) is 3.23. The predicted molar refractivity (Wildman–Crippen MR) is 124 cm³/mol. The standard InChI is InChI=1S/C24H24ClN5O2/c1-2-32-23(31)17-9-6-12-29(15-17)24-26-20-14-18(25)10-11-19(20)22-28-27-21(30(22)24)13-16-7-4-3-5-8-16/h3-5,7-8,10-11,14,17H,2,6,9,12-13,15H2,1H3. The quantitative estimate of drug-likeness (QED) is 0.423. The van der Waals surface area contributed by atoms with Gasteiger partial charge in [-0.15, -0.1) is 10.2 Å². The molecule has 0 bridgehead atoms. The summed E-state index contributed by atoms with van der Waals surface area (Å²) in [6.07, 6.45) is 2.33. The van der Waals surface area contributed by atoms with Crippen molar-refractivity contribution in [3.05, 3.63) is 64.9 Å². The molecule has 0 aliphatic carbocycles. The van der Waals surface area contributed by atoms with E-state index in [4.69, 9.17) is 21.3 Å². The van der Waals surface area contributed by atoms with E-state index < -0.39 is 0 Å². The summed E-state index contributed by atoms with van der Waals surface area (Å²) >= 11 is 6.26. The topological polar surface area (TPSA) is 72.6 Å². The van der Waals surface area contributed by atoms with E-state index in [1.165, 1.54) is 0 Å². The minimum absolute atomic E-state index is 0.148. The first kappa shape index (κ1) is 20.7. The van der Waals surface area contributed by atoms with Gasteiger partial charge >= 0.3 is 5.97 Å². The van der Waals surface area contributed by atoms with Crippen LogP contribution in [0.5, 0.6) is 0 Å². The van der Waals surface area contributed by atoms with Crippen molar-refractivity contribution in [2.45, 2.75) is 26.2 Å². The van der Waals surface area contributed by atoms with Crippen LogP contribution in [0.25, 0.3) is 16.6 Å². The average molecular weight is 450 g/mol. The number of aromatic nitrogens is 4. The molecule has 0 spiro atoms. The molecule has 8 heteroatoms. The second kappa shape index (κ2) is 8.74. The van der Waals surface area contributed by atoms with Gasteiger partial charge in [0.05, 0.1) is 18.0 Å². The minimum Gasteiger partial charge on any atom is -0.466 e. The maximum atomic E-state index is 12.4. The van der Waals surface area contributed by atoms with Gasteiger partial charge in [0.2, 0.25) is 5.95 Å². The first-order valence-electron chi connectivity index (χ1n) is 10.9. The highest BCUT2D eigenvalue weighted by Crippen LogP contribution is 2.29. The fourth-order valence-electron chi connectivity index (χ4n) is 4.36. The van der Waals surface area contributed by atoms with E-state index in [2.05, 4.69) is 27.2 Å². The van der Waals surface area contributed by atoms with E-state index in [9.17, 15) is 4.79 Å². The number of benzene rings is 2. The molecule has 2 aromatic carbocycles. The Labute approximate surface area is 191 Å². The number of carbonyl (C=O) groups excluding carboxylic acids is 1. The fraction of sp³-hybridized carbons (Fsp3) is 0.333. The Morgan fingerprint density at radius 2 is 2.03 bits per heavy atom. The third-order valence-electron chi connectivity index (χ3n) is 5.88. The molecule has 5 rings (SSSR count). The van der Waals surface area contributed by atoms with Crippen LogP contribution in [0, 0.1) is 5.92 Å². The Morgan fingerprint density at radius 3 is 2.84 bits per heavy atom. The van der Waals surface area contributed by atoms with Crippen LogP contribution in [-0.2, 0) is 16.0 Å². The molecular formula is C24H24ClN5O2. The minimum atomic E-state index is -0.176. The normalized spacial score (nSPS) is 16.6. The van der Waals surface area contributed by atoms with E-state index in [1.54, 1.807) is 0 Å². The first-order chi connectivity index (χ1) is 15.6. The molecule has 32 heavy (non-hydrogen) atoms. The van der Waals surface area contributed by atoms with Gasteiger partial charge in [-0.25, -0.2) is 9.38 Å². The fourth-order valence-corrected chi connectivity index (χ4v) is 4.53. The van der Waals surface area contributed by atoms with Crippen LogP contribution in [0.15, 0.2) is 48.5 Å². The van der Waals surface area contributed by atoms with Crippen molar-refractivity contribution in [3.8, 4) is 0 Å². The number of hydrogen-bond donors (Lipinski definition) is 0. The van der Waals surface area contributed by atoms with Crippen LogP contribution in [0.1, 0.15) is 31.2 Å². The van der Waals surface area contributed by atoms with E-state index in [1.807, 2.05) is 47.7 Å². The lowest BCUT2D eigenvalue weighted by atomic mass is 9.98. The summed E-state index contributed by atoms with van der Waals surface area (Å²) in [7, 11) is 0. The van der Waals surface area contributed by atoms with Gasteiger partial charge in [0.1, 0.15) is 5.82 Å². The highest BCUT2D eigenvalue weighted by Gasteiger charge is 2.30. The molecule has 0 saturated carbocycles. The van der Waals surface area contributed by atoms with Gasteiger partial charge in [-0.2, -0.15) is 0 Å². The molecule has 7 nitrogen and oxygen atoms in total. The van der Waals surface area contributed by atoms with Gasteiger partial charge < -0.3 is 9.64 Å². The number of anilines is 1. The second-order valence-corrected chi connectivity index (χ2v) is 8.48. The lowest BCUT2D eigenvalue weighted by Crippen LogP contribution is -2.40. The molecule has 0 radical (unpaired) electrons. The molecule has 2 aromatic heterocycles. The second-order valence-electron chi connectivity index (χ2n) is 8.05. The summed E-state index contributed by atoms with van der Waals surface area (Å²) in [5, 5.41) is 10.6. The Balaban J connectivity index is 1.63. The molecule has 3 heterocycles. The lowest BCUT2D eigenvalue weighted by Gasteiger charge is -2.32. The Kier molecular flexibility index (Phi) is 5.66. The van der Waals surface area contributed by atoms with E-state index in [-0.39, 0.29) is 11.9 Å². The summed E-state index contributed by atoms with van der Waals surface area (Å²) in [4.78, 5) is 19.6. The van der Waals surface area contributed by atoms with Gasteiger partial charge in [0.25, 0.3) is 0 Å². The van der Waals surface area contributed by atoms with Crippen molar-refractivity contribution in [1.82, 2.24) is 19.6 Å². The third kappa shape index (κ3) is 3.88. The van der Waals surface area contributed by atoms with Crippen molar-refractivity contribution in [3.63, 3.8) is 0 Å². The van der Waals surface area contributed by atoms with Crippen LogP contribution in [0.4, 0.5) is 5.95 Å². The summed E-state index contributed by atoms with van der Waals surface area (Å²) in [5.41, 5.74) is 2.65. The van der Waals surface area contributed by atoms with Crippen LogP contribution < -0.4 is 4.90 Å². The molecule has 1 aliphatic rings. The number of rotatable bonds is 5. The number of hydrogen-bond acceptors (Lipinski definition) is 6. The van der Waals surface area contributed by atoms with Crippen molar-refractivity contribution in [2.24, 2.45) is 5.92 Å². The van der Waals surface area contributed by atoms with E-state index >= 15 is 0 Å². The highest BCUT2D eigenvalue weighted by atomic mass is 35.5. The Morgan fingerprint density at radius 1 is 1.19 bits per heavy atom. The van der Waals surface area contributed by atoms with Crippen molar-refractivity contribution >= 4 is 40.1 Å². The third-order valence-corrected chi connectivity index (χ3v) is 6.12. The summed E-state index contributed by atoms with van der Waals surface area (Å²) < 4.78 is 7.32. The number of esters is 1. The smallest absolute Gasteiger partial charge is 0.310 e. The monoisotopic (exact) mass is 449 g/mol. The van der Waals surface area contributed by atoms with Gasteiger partial charge in [-0.1, -0.05) is 41.9 Å². The van der Waals surface area contributed by atoms with Crippen LogP contribution >= 0.6 is 11.6 Å². The van der Waals surface area contributed by atoms with Gasteiger partial charge in [0.15, 0.2) is 5.65 Å². The molecule has 164 valence electrons. The number of nitrogens with zero attached hydrogens (tertiary/aromatic N) is 5. The molecular weight excluding hydrogens is 426 g/mol. The van der Waals surface area contributed by atoms with Crippen LogP contribution in [-0.4, -0.2) is 45.2 Å². The molecule has 1 aliphatic heterocycles. The molecule has 1 fully saturated rings. The van der Waals surface area contributed by atoms with Gasteiger partial charge in [-0.3, -0.25) is 4.79 Å². The van der Waals surface area contributed by atoms with Crippen molar-refractivity contribution < 1.29 is 9.53 Å². The molecule has 1 unspecified atom stereocenters. The number of halogens is 1. The number of carbonyl (C=O) groups is 1. The summed E-state index contributed by atoms with van der Waals surface area (Å²) in [6, 6.07) is 15.8. The van der Waals surface area contributed by atoms with Gasteiger partial charge in [-0.05, 0) is 43.5 Å². The van der Waals surface area contributed by atoms with Crippen molar-refractivity contribution in [1.29, 1.82) is 0 Å². The zero-order valence-electron chi connectivity index (χ0n) is 17.9.